The Bertz CT molecular complexity index is 1300. The van der Waals surface area contributed by atoms with Crippen molar-refractivity contribution in [2.45, 2.75) is 33.1 Å². The maximum atomic E-state index is 11.9. The summed E-state index contributed by atoms with van der Waals surface area (Å²) in [5.41, 5.74) is 3.39. The molecule has 2 N–H and O–H groups in total. The normalized spacial score (nSPS) is 11.7. The van der Waals surface area contributed by atoms with Crippen molar-refractivity contribution < 1.29 is 4.74 Å². The first-order valence-corrected chi connectivity index (χ1v) is 10.8. The van der Waals surface area contributed by atoms with Crippen LogP contribution in [0.1, 0.15) is 31.9 Å². The lowest BCUT2D eigenvalue weighted by Gasteiger charge is -2.19. The van der Waals surface area contributed by atoms with Crippen LogP contribution in [-0.4, -0.2) is 32.7 Å². The Morgan fingerprint density at radius 1 is 1.09 bits per heavy atom. The van der Waals surface area contributed by atoms with E-state index in [0.717, 1.165) is 16.9 Å². The molecule has 166 valence electrons. The third-order valence-corrected chi connectivity index (χ3v) is 5.57. The number of aromatic nitrogens is 4. The van der Waals surface area contributed by atoms with Crippen molar-refractivity contribution in [2.75, 3.05) is 18.5 Å². The van der Waals surface area contributed by atoms with Crippen molar-refractivity contribution in [1.82, 2.24) is 19.6 Å². The quantitative estimate of drug-likeness (QED) is 0.410. The Morgan fingerprint density at radius 2 is 1.84 bits per heavy atom. The van der Waals surface area contributed by atoms with Crippen molar-refractivity contribution in [3.05, 3.63) is 75.0 Å². The minimum Gasteiger partial charge on any atom is -0.492 e. The van der Waals surface area contributed by atoms with E-state index in [1.807, 2.05) is 37.3 Å². The molecule has 2 aromatic carbocycles. The van der Waals surface area contributed by atoms with Gasteiger partial charge in [-0.05, 0) is 41.7 Å². The number of nitrogens with one attached hydrogen (secondary N) is 2. The van der Waals surface area contributed by atoms with Gasteiger partial charge in [0.05, 0.1) is 6.54 Å². The number of aromatic amines is 1. The van der Waals surface area contributed by atoms with E-state index < -0.39 is 0 Å². The van der Waals surface area contributed by atoms with Gasteiger partial charge >= 0.3 is 0 Å². The van der Waals surface area contributed by atoms with E-state index in [0.29, 0.717) is 35.6 Å². The smallest absolute Gasteiger partial charge is 0.266 e. The highest BCUT2D eigenvalue weighted by Crippen LogP contribution is 2.25. The number of hydrogen-bond acceptors (Lipinski definition) is 5. The fourth-order valence-electron chi connectivity index (χ4n) is 3.31. The van der Waals surface area contributed by atoms with Crippen molar-refractivity contribution in [2.24, 2.45) is 0 Å². The predicted octanol–water partition coefficient (Wildman–Crippen LogP) is 4.83. The minimum absolute atomic E-state index is 0.0621. The molecule has 8 heteroatoms. The van der Waals surface area contributed by atoms with Crippen LogP contribution in [0.5, 0.6) is 5.75 Å². The molecule has 32 heavy (non-hydrogen) atoms. The van der Waals surface area contributed by atoms with Crippen LogP contribution in [-0.2, 0) is 5.41 Å². The molecule has 0 radical (unpaired) electrons. The summed E-state index contributed by atoms with van der Waals surface area (Å²) in [6, 6.07) is 15.2. The zero-order chi connectivity index (χ0) is 22.9. The molecule has 0 aliphatic carbocycles. The summed E-state index contributed by atoms with van der Waals surface area (Å²) in [5.74, 6) is 1.78. The summed E-state index contributed by atoms with van der Waals surface area (Å²) in [6.45, 7) is 9.35. The highest BCUT2D eigenvalue weighted by Gasteiger charge is 2.15. The van der Waals surface area contributed by atoms with Crippen molar-refractivity contribution in [1.29, 1.82) is 0 Å². The topological polar surface area (TPSA) is 84.3 Å². The number of aryl methyl sites for hydroxylation is 1. The summed E-state index contributed by atoms with van der Waals surface area (Å²) in [4.78, 5) is 21.1. The molecule has 0 saturated carbocycles. The van der Waals surface area contributed by atoms with Gasteiger partial charge in [0.15, 0.2) is 11.5 Å². The summed E-state index contributed by atoms with van der Waals surface area (Å²) < 4.78 is 7.34. The molecule has 0 fully saturated rings. The average molecular weight is 452 g/mol. The second kappa shape index (κ2) is 8.67. The number of nitrogens with zero attached hydrogens (tertiary/aromatic N) is 3. The highest BCUT2D eigenvalue weighted by atomic mass is 35.5. The Hall–Kier alpha value is -3.32. The van der Waals surface area contributed by atoms with E-state index in [1.165, 1.54) is 11.6 Å². The maximum absolute atomic E-state index is 11.9. The van der Waals surface area contributed by atoms with Gasteiger partial charge in [-0.25, -0.2) is 9.50 Å². The summed E-state index contributed by atoms with van der Waals surface area (Å²) in [7, 11) is 0. The van der Waals surface area contributed by atoms with Crippen LogP contribution >= 0.6 is 11.6 Å². The first-order chi connectivity index (χ1) is 15.2. The highest BCUT2D eigenvalue weighted by molar-refractivity contribution is 6.31. The summed E-state index contributed by atoms with van der Waals surface area (Å²) >= 11 is 6.06. The average Bonchev–Trinajstić information content (AvgIpc) is 3.13. The molecule has 7 nitrogen and oxygen atoms in total. The lowest BCUT2D eigenvalue weighted by molar-refractivity contribution is 0.332. The zero-order valence-electron chi connectivity index (χ0n) is 18.6. The van der Waals surface area contributed by atoms with Gasteiger partial charge in [-0.3, -0.25) is 9.89 Å². The van der Waals surface area contributed by atoms with Gasteiger partial charge in [0, 0.05) is 16.7 Å². The SMILES string of the molecule is Cc1cc(OCCNc2nc(-c3ccc(C(C)(C)C)cc3)nc3cc(=O)[nH]n23)ccc1Cl. The molecule has 0 spiro atoms. The molecule has 0 bridgehead atoms. The van der Waals surface area contributed by atoms with Crippen LogP contribution < -0.4 is 15.6 Å². The maximum Gasteiger partial charge on any atom is 0.266 e. The van der Waals surface area contributed by atoms with Crippen LogP contribution in [0.25, 0.3) is 17.0 Å². The van der Waals surface area contributed by atoms with Gasteiger partial charge in [0.2, 0.25) is 5.95 Å². The van der Waals surface area contributed by atoms with Crippen molar-refractivity contribution >= 4 is 23.2 Å². The minimum atomic E-state index is -0.240. The second-order valence-electron chi connectivity index (χ2n) is 8.70. The van der Waals surface area contributed by atoms with Crippen LogP contribution in [0.15, 0.2) is 53.3 Å². The lowest BCUT2D eigenvalue weighted by Crippen LogP contribution is -2.16. The van der Waals surface area contributed by atoms with Gasteiger partial charge in [-0.1, -0.05) is 56.6 Å². The number of hydrogen-bond donors (Lipinski definition) is 2. The molecule has 0 unspecified atom stereocenters. The molecular weight excluding hydrogens is 426 g/mol. The summed E-state index contributed by atoms with van der Waals surface area (Å²) in [5, 5.41) is 6.67. The van der Waals surface area contributed by atoms with Crippen molar-refractivity contribution in [3.8, 4) is 17.1 Å². The van der Waals surface area contributed by atoms with Crippen LogP contribution in [0.3, 0.4) is 0 Å². The van der Waals surface area contributed by atoms with Gasteiger partial charge in [-0.2, -0.15) is 4.98 Å². The Balaban J connectivity index is 1.54. The third-order valence-electron chi connectivity index (χ3n) is 5.15. The number of anilines is 1. The molecule has 0 atom stereocenters. The van der Waals surface area contributed by atoms with Gasteiger partial charge in [-0.15, -0.1) is 0 Å². The van der Waals surface area contributed by atoms with E-state index >= 15 is 0 Å². The standard InChI is InChI=1S/C24H26ClN5O2/c1-15-13-18(9-10-19(15)25)32-12-11-26-23-28-22(27-20-14-21(31)29-30(20)23)16-5-7-17(8-6-16)24(2,3)4/h5-10,13-14H,11-12H2,1-4H3,(H,29,31)(H,26,27,28). The van der Waals surface area contributed by atoms with Gasteiger partial charge in [0.25, 0.3) is 5.56 Å². The van der Waals surface area contributed by atoms with Gasteiger partial charge < -0.3 is 10.1 Å². The second-order valence-corrected chi connectivity index (χ2v) is 9.11. The fraction of sp³-hybridized carbons (Fsp3) is 0.292. The molecule has 0 saturated heterocycles. The number of fused-ring (bicyclic) bond motifs is 1. The van der Waals surface area contributed by atoms with E-state index in [1.54, 1.807) is 4.52 Å². The molecule has 0 aliphatic heterocycles. The van der Waals surface area contributed by atoms with Crippen LogP contribution in [0.4, 0.5) is 5.95 Å². The third kappa shape index (κ3) is 4.78. The Morgan fingerprint density at radius 3 is 2.53 bits per heavy atom. The number of benzene rings is 2. The molecule has 4 rings (SSSR count). The molecular formula is C24H26ClN5O2. The van der Waals surface area contributed by atoms with Crippen LogP contribution in [0.2, 0.25) is 5.02 Å². The molecule has 2 aromatic heterocycles. The predicted molar refractivity (Wildman–Crippen MR) is 128 cm³/mol. The number of rotatable bonds is 6. The fourth-order valence-corrected chi connectivity index (χ4v) is 3.43. The van der Waals surface area contributed by atoms with E-state index in [2.05, 4.69) is 53.3 Å². The zero-order valence-corrected chi connectivity index (χ0v) is 19.3. The first-order valence-electron chi connectivity index (χ1n) is 10.4. The summed E-state index contributed by atoms with van der Waals surface area (Å²) in [6.07, 6.45) is 0. The molecule has 0 amide bonds. The van der Waals surface area contributed by atoms with Crippen LogP contribution in [0, 0.1) is 6.92 Å². The molecule has 0 aliphatic rings. The Kier molecular flexibility index (Phi) is 5.93. The van der Waals surface area contributed by atoms with E-state index in [-0.39, 0.29) is 11.0 Å². The number of H-pyrrole nitrogens is 1. The Labute approximate surface area is 191 Å². The van der Waals surface area contributed by atoms with E-state index in [4.69, 9.17) is 16.3 Å². The van der Waals surface area contributed by atoms with Crippen molar-refractivity contribution in [3.63, 3.8) is 0 Å². The first kappa shape index (κ1) is 21.9. The molecule has 4 aromatic rings. The lowest BCUT2D eigenvalue weighted by atomic mass is 9.87. The largest absolute Gasteiger partial charge is 0.492 e. The monoisotopic (exact) mass is 451 g/mol. The molecule has 2 heterocycles. The number of ether oxygens (including phenoxy) is 1. The van der Waals surface area contributed by atoms with Gasteiger partial charge in [0.1, 0.15) is 12.4 Å². The number of halogens is 1. The van der Waals surface area contributed by atoms with E-state index in [9.17, 15) is 4.79 Å².